The first-order valence-corrected chi connectivity index (χ1v) is 14.7. The van der Waals surface area contributed by atoms with E-state index in [1.54, 1.807) is 20.8 Å². The summed E-state index contributed by atoms with van der Waals surface area (Å²) < 4.78 is 81.7. The number of aromatic nitrogens is 3. The number of piperazine rings is 1. The van der Waals surface area contributed by atoms with Crippen molar-refractivity contribution >= 4 is 17.6 Å². The fourth-order valence-corrected chi connectivity index (χ4v) is 5.86. The van der Waals surface area contributed by atoms with Gasteiger partial charge in [-0.3, -0.25) is 9.88 Å². The normalized spacial score (nSPS) is 22.2. The zero-order valence-corrected chi connectivity index (χ0v) is 25.2. The molecule has 2 aromatic heterocycles. The van der Waals surface area contributed by atoms with Crippen LogP contribution in [0.3, 0.4) is 0 Å². The quantitative estimate of drug-likeness (QED) is 0.465. The van der Waals surface area contributed by atoms with Crippen molar-refractivity contribution in [3.8, 4) is 12.1 Å². The average Bonchev–Trinajstić information content (AvgIpc) is 3.34. The van der Waals surface area contributed by atoms with Crippen LogP contribution in [0.15, 0.2) is 12.4 Å². The van der Waals surface area contributed by atoms with Crippen LogP contribution in [0.2, 0.25) is 0 Å². The molecule has 0 aliphatic carbocycles. The fraction of sp³-hybridized carbons (Fsp3) is 0.621. The van der Waals surface area contributed by atoms with Gasteiger partial charge in [0, 0.05) is 44.2 Å². The number of alkyl halides is 4. The summed E-state index contributed by atoms with van der Waals surface area (Å²) in [5, 5.41) is 12.5. The highest BCUT2D eigenvalue weighted by atomic mass is 19.4. The number of carbonyl (C=O) groups is 1. The van der Waals surface area contributed by atoms with E-state index >= 15 is 0 Å². The van der Waals surface area contributed by atoms with Gasteiger partial charge in [-0.1, -0.05) is 0 Å². The Morgan fingerprint density at radius 3 is 2.64 bits per heavy atom. The van der Waals surface area contributed by atoms with Gasteiger partial charge in [0.15, 0.2) is 5.82 Å². The molecule has 11 nitrogen and oxygen atoms in total. The second kappa shape index (κ2) is 12.8. The topological polar surface area (TPSA) is 120 Å². The van der Waals surface area contributed by atoms with Crippen LogP contribution in [0.4, 0.5) is 38.3 Å². The molecule has 16 heteroatoms. The number of halogens is 5. The number of likely N-dealkylation sites (tertiary alicyclic amines) is 1. The zero-order chi connectivity index (χ0) is 32.5. The number of hydrogen-bond donors (Lipinski definition) is 1. The Morgan fingerprint density at radius 2 is 1.93 bits per heavy atom. The number of nitrogens with one attached hydrogen (secondary N) is 1. The Labute approximate surface area is 257 Å². The number of nitrogens with zero attached hydrogens (tertiary/aromatic N) is 7. The molecule has 45 heavy (non-hydrogen) atoms. The van der Waals surface area contributed by atoms with E-state index in [2.05, 4.69) is 26.3 Å². The van der Waals surface area contributed by atoms with Crippen molar-refractivity contribution in [3.63, 3.8) is 0 Å². The number of pyridine rings is 1. The lowest BCUT2D eigenvalue weighted by Gasteiger charge is -2.37. The molecule has 3 aliphatic rings. The first-order valence-electron chi connectivity index (χ1n) is 14.7. The predicted molar refractivity (Wildman–Crippen MR) is 152 cm³/mol. The van der Waals surface area contributed by atoms with Gasteiger partial charge in [-0.15, -0.1) is 0 Å². The van der Waals surface area contributed by atoms with Gasteiger partial charge >= 0.3 is 18.3 Å². The lowest BCUT2D eigenvalue weighted by Crippen LogP contribution is -2.51. The van der Waals surface area contributed by atoms with Gasteiger partial charge in [0.25, 0.3) is 0 Å². The Bertz CT molecular complexity index is 1450. The lowest BCUT2D eigenvalue weighted by molar-refractivity contribution is -0.139. The molecule has 0 spiro atoms. The molecule has 0 bridgehead atoms. The maximum Gasteiger partial charge on any atom is 0.421 e. The van der Waals surface area contributed by atoms with Crippen molar-refractivity contribution in [2.24, 2.45) is 0 Å². The molecule has 1 amide bonds. The van der Waals surface area contributed by atoms with Crippen molar-refractivity contribution in [3.05, 3.63) is 35.0 Å². The van der Waals surface area contributed by atoms with E-state index in [0.29, 0.717) is 42.9 Å². The van der Waals surface area contributed by atoms with Gasteiger partial charge < -0.3 is 24.6 Å². The standard InChI is InChI=1S/C29H35F5N8O3/c1-28(2,3)45-27(43)42-13-17(30)10-19(42)16-44-26-38-22-15-40(23-12-36-11-21(31)24(23)29(32,33)34)8-5-20(22)25(39-26)41-9-7-37-18(14-41)4-6-35/h11-12,17-19,37H,4-5,7-10,13-16H2,1-3H3/t17?,18-,19+/m0/s1. The first kappa shape index (κ1) is 32.4. The SMILES string of the molecule is CC(C)(C)OC(=O)N1CC(F)C[C@@H]1COc1nc2c(c(N3CCN[C@@H](CC#N)C3)n1)CCN(c1cncc(F)c1C(F)(F)F)C2. The highest BCUT2D eigenvalue weighted by Crippen LogP contribution is 2.40. The number of anilines is 2. The van der Waals surface area contributed by atoms with E-state index in [4.69, 9.17) is 9.47 Å². The van der Waals surface area contributed by atoms with E-state index in [1.807, 2.05) is 4.90 Å². The molecular formula is C29H35F5N8O3. The molecule has 0 aromatic carbocycles. The molecule has 2 aromatic rings. The third-order valence-corrected chi connectivity index (χ3v) is 7.82. The molecule has 0 radical (unpaired) electrons. The van der Waals surface area contributed by atoms with Gasteiger partial charge in [-0.2, -0.15) is 28.4 Å². The number of fused-ring (bicyclic) bond motifs is 1. The van der Waals surface area contributed by atoms with Crippen LogP contribution in [0, 0.1) is 17.1 Å². The molecular weight excluding hydrogens is 603 g/mol. The van der Waals surface area contributed by atoms with Gasteiger partial charge in [-0.05, 0) is 27.2 Å². The molecule has 1 N–H and O–H groups in total. The molecule has 2 saturated heterocycles. The molecule has 0 saturated carbocycles. The summed E-state index contributed by atoms with van der Waals surface area (Å²) in [7, 11) is 0. The van der Waals surface area contributed by atoms with Gasteiger partial charge in [0.2, 0.25) is 0 Å². The van der Waals surface area contributed by atoms with Crippen molar-refractivity contribution < 1.29 is 36.2 Å². The van der Waals surface area contributed by atoms with Crippen molar-refractivity contribution in [2.45, 2.75) is 76.6 Å². The van der Waals surface area contributed by atoms with Crippen LogP contribution >= 0.6 is 0 Å². The van der Waals surface area contributed by atoms with Gasteiger partial charge in [0.1, 0.15) is 29.8 Å². The molecule has 3 atom stereocenters. The Morgan fingerprint density at radius 1 is 1.16 bits per heavy atom. The van der Waals surface area contributed by atoms with Gasteiger partial charge in [-0.25, -0.2) is 13.6 Å². The summed E-state index contributed by atoms with van der Waals surface area (Å²) in [6.45, 7) is 6.40. The summed E-state index contributed by atoms with van der Waals surface area (Å²) in [6, 6.07) is 1.26. The minimum absolute atomic E-state index is 0.0191. The summed E-state index contributed by atoms with van der Waals surface area (Å²) in [5.74, 6) is -0.953. The van der Waals surface area contributed by atoms with Crippen molar-refractivity contribution in [1.82, 2.24) is 25.2 Å². The highest BCUT2D eigenvalue weighted by molar-refractivity contribution is 5.69. The third kappa shape index (κ3) is 7.46. The van der Waals surface area contributed by atoms with Crippen LogP contribution < -0.4 is 19.9 Å². The second-order valence-corrected chi connectivity index (χ2v) is 12.3. The molecule has 2 fully saturated rings. The largest absolute Gasteiger partial charge is 0.461 e. The van der Waals surface area contributed by atoms with Crippen LogP contribution in [0.25, 0.3) is 0 Å². The number of carbonyl (C=O) groups excluding carboxylic acids is 1. The monoisotopic (exact) mass is 638 g/mol. The van der Waals surface area contributed by atoms with Crippen LogP contribution in [0.1, 0.15) is 50.4 Å². The summed E-state index contributed by atoms with van der Waals surface area (Å²) in [6.07, 6.45) is -4.84. The maximum absolute atomic E-state index is 14.4. The number of hydrogen-bond acceptors (Lipinski definition) is 10. The number of rotatable bonds is 6. The van der Waals surface area contributed by atoms with Crippen LogP contribution in [-0.4, -0.2) is 89.1 Å². The summed E-state index contributed by atoms with van der Waals surface area (Å²) >= 11 is 0. The number of amides is 1. The fourth-order valence-electron chi connectivity index (χ4n) is 5.86. The van der Waals surface area contributed by atoms with E-state index in [-0.39, 0.29) is 57.6 Å². The highest BCUT2D eigenvalue weighted by Gasteiger charge is 2.41. The Kier molecular flexibility index (Phi) is 9.20. The smallest absolute Gasteiger partial charge is 0.421 e. The molecule has 5 rings (SSSR count). The van der Waals surface area contributed by atoms with E-state index in [0.717, 1.165) is 6.20 Å². The molecule has 1 unspecified atom stereocenters. The number of ether oxygens (including phenoxy) is 2. The maximum atomic E-state index is 14.4. The number of nitriles is 1. The van der Waals surface area contributed by atoms with E-state index in [1.165, 1.54) is 9.80 Å². The van der Waals surface area contributed by atoms with Crippen LogP contribution in [0.5, 0.6) is 6.01 Å². The Balaban J connectivity index is 1.45. The molecule has 3 aliphatic heterocycles. The second-order valence-electron chi connectivity index (χ2n) is 12.3. The van der Waals surface area contributed by atoms with E-state index in [9.17, 15) is 32.0 Å². The van der Waals surface area contributed by atoms with E-state index < -0.39 is 47.2 Å². The third-order valence-electron chi connectivity index (χ3n) is 7.82. The minimum atomic E-state index is -4.94. The molecule has 244 valence electrons. The summed E-state index contributed by atoms with van der Waals surface area (Å²) in [5.41, 5.74) is -1.51. The van der Waals surface area contributed by atoms with Crippen molar-refractivity contribution in [1.29, 1.82) is 5.26 Å². The Hall–Kier alpha value is -4.00. The zero-order valence-electron chi connectivity index (χ0n) is 25.2. The average molecular weight is 639 g/mol. The summed E-state index contributed by atoms with van der Waals surface area (Å²) in [4.78, 5) is 30.2. The minimum Gasteiger partial charge on any atom is -0.461 e. The first-order chi connectivity index (χ1) is 21.2. The van der Waals surface area contributed by atoms with Crippen molar-refractivity contribution in [2.75, 3.05) is 49.1 Å². The van der Waals surface area contributed by atoms with Crippen LogP contribution in [-0.2, 0) is 23.9 Å². The molecule has 5 heterocycles. The lowest BCUT2D eigenvalue weighted by atomic mass is 10.0. The van der Waals surface area contributed by atoms with Gasteiger partial charge in [0.05, 0.1) is 55.4 Å². The predicted octanol–water partition coefficient (Wildman–Crippen LogP) is 4.01.